The molecule has 1 aromatic rings. The maximum Gasteiger partial charge on any atom is 0.408 e. The van der Waals surface area contributed by atoms with Crippen molar-refractivity contribution in [3.8, 4) is 0 Å². The Morgan fingerprint density at radius 2 is 2.10 bits per heavy atom. The molecule has 20 heavy (non-hydrogen) atoms. The molecule has 106 valence electrons. The number of ether oxygens (including phenoxy) is 1. The summed E-state index contributed by atoms with van der Waals surface area (Å²) >= 11 is 0. The summed E-state index contributed by atoms with van der Waals surface area (Å²) in [4.78, 5) is 24.9. The topological polar surface area (TPSA) is 124 Å². The van der Waals surface area contributed by atoms with E-state index in [1.54, 1.807) is 24.3 Å². The van der Waals surface area contributed by atoms with Crippen molar-refractivity contribution in [2.75, 3.05) is 6.54 Å². The summed E-state index contributed by atoms with van der Waals surface area (Å²) in [5, 5.41) is 14.3. The third-order valence-electron chi connectivity index (χ3n) is 2.38. The van der Waals surface area contributed by atoms with Gasteiger partial charge in [-0.15, -0.1) is 0 Å². The molecule has 0 aromatic heterocycles. The molecule has 0 heterocycles. The normalized spacial score (nSPS) is 11.0. The number of rotatable bonds is 7. The van der Waals surface area contributed by atoms with Crippen LogP contribution in [0.5, 0.6) is 0 Å². The Morgan fingerprint density at radius 1 is 1.40 bits per heavy atom. The number of carboxylic acids is 1. The highest BCUT2D eigenvalue weighted by molar-refractivity contribution is 5.79. The second kappa shape index (κ2) is 8.39. The minimum Gasteiger partial charge on any atom is -0.480 e. The minimum atomic E-state index is -1.21. The van der Waals surface area contributed by atoms with Gasteiger partial charge in [0.05, 0.1) is 0 Å². The summed E-state index contributed by atoms with van der Waals surface area (Å²) < 4.78 is 4.90. The molecule has 1 rings (SSSR count). The van der Waals surface area contributed by atoms with Crippen LogP contribution in [0.2, 0.25) is 0 Å². The van der Waals surface area contributed by atoms with Gasteiger partial charge >= 0.3 is 12.1 Å². The fraction of sp³-hybridized carbons (Fsp3) is 0.333. The predicted octanol–water partition coefficient (Wildman–Crippen LogP) is 2.07. The van der Waals surface area contributed by atoms with Gasteiger partial charge in [-0.3, -0.25) is 0 Å². The second-order valence-electron chi connectivity index (χ2n) is 3.84. The standard InChI is InChI=1S/C12H14N4O4/c13-16-14-7-6-10(11(17)18)15-12(19)20-8-9-4-2-1-3-5-9/h1-5,10H,6-8H2,(H,15,19)(H,17,18). The number of hydrogen-bond acceptors (Lipinski definition) is 4. The fourth-order valence-electron chi connectivity index (χ4n) is 1.40. The lowest BCUT2D eigenvalue weighted by Crippen LogP contribution is -2.41. The molecule has 2 N–H and O–H groups in total. The molecule has 0 aliphatic heterocycles. The number of amides is 1. The molecule has 0 radical (unpaired) electrons. The Kier molecular flexibility index (Phi) is 6.43. The van der Waals surface area contributed by atoms with Crippen molar-refractivity contribution in [3.63, 3.8) is 0 Å². The highest BCUT2D eigenvalue weighted by atomic mass is 16.5. The van der Waals surface area contributed by atoms with Crippen molar-refractivity contribution >= 4 is 12.1 Å². The number of hydrogen-bond donors (Lipinski definition) is 2. The van der Waals surface area contributed by atoms with Crippen LogP contribution in [0.3, 0.4) is 0 Å². The lowest BCUT2D eigenvalue weighted by molar-refractivity contribution is -0.139. The molecule has 0 saturated carbocycles. The monoisotopic (exact) mass is 278 g/mol. The van der Waals surface area contributed by atoms with Gasteiger partial charge < -0.3 is 15.2 Å². The summed E-state index contributed by atoms with van der Waals surface area (Å²) in [6.07, 6.45) is -0.831. The van der Waals surface area contributed by atoms with Crippen LogP contribution in [0.25, 0.3) is 10.4 Å². The van der Waals surface area contributed by atoms with Crippen LogP contribution in [-0.4, -0.2) is 29.8 Å². The van der Waals surface area contributed by atoms with Gasteiger partial charge in [0, 0.05) is 11.5 Å². The van der Waals surface area contributed by atoms with Crippen molar-refractivity contribution in [1.82, 2.24) is 5.32 Å². The number of nitrogens with zero attached hydrogens (tertiary/aromatic N) is 3. The first-order chi connectivity index (χ1) is 9.63. The van der Waals surface area contributed by atoms with Gasteiger partial charge in [0.15, 0.2) is 0 Å². The minimum absolute atomic E-state index is 0.000168. The number of aliphatic carboxylic acids is 1. The first-order valence-corrected chi connectivity index (χ1v) is 5.84. The Labute approximate surface area is 115 Å². The summed E-state index contributed by atoms with van der Waals surface area (Å²) in [7, 11) is 0. The summed E-state index contributed by atoms with van der Waals surface area (Å²) in [6.45, 7) is 0.0296. The highest BCUT2D eigenvalue weighted by Gasteiger charge is 2.19. The number of alkyl carbamates (subject to hydrolysis) is 1. The molecule has 1 aromatic carbocycles. The predicted molar refractivity (Wildman–Crippen MR) is 69.8 cm³/mol. The molecule has 1 atom stereocenters. The van der Waals surface area contributed by atoms with Gasteiger partial charge in [-0.05, 0) is 17.5 Å². The first-order valence-electron chi connectivity index (χ1n) is 5.84. The molecule has 0 aliphatic carbocycles. The molecule has 1 amide bonds. The van der Waals surface area contributed by atoms with Crippen LogP contribution < -0.4 is 5.32 Å². The number of nitrogens with one attached hydrogen (secondary N) is 1. The van der Waals surface area contributed by atoms with Crippen molar-refractivity contribution in [1.29, 1.82) is 0 Å². The molecule has 0 aliphatic rings. The van der Waals surface area contributed by atoms with Gasteiger partial charge in [0.2, 0.25) is 0 Å². The van der Waals surface area contributed by atoms with Gasteiger partial charge in [0.1, 0.15) is 12.6 Å². The number of carboxylic acid groups (broad SMARTS) is 1. The largest absolute Gasteiger partial charge is 0.480 e. The third kappa shape index (κ3) is 5.74. The van der Waals surface area contributed by atoms with Crippen LogP contribution in [0, 0.1) is 0 Å². The van der Waals surface area contributed by atoms with E-state index >= 15 is 0 Å². The van der Waals surface area contributed by atoms with Crippen LogP contribution in [0.1, 0.15) is 12.0 Å². The molecule has 1 unspecified atom stereocenters. The van der Waals surface area contributed by atoms with E-state index in [4.69, 9.17) is 15.4 Å². The van der Waals surface area contributed by atoms with E-state index in [0.29, 0.717) is 0 Å². The van der Waals surface area contributed by atoms with Gasteiger partial charge in [0.25, 0.3) is 0 Å². The quantitative estimate of drug-likeness (QED) is 0.450. The zero-order valence-corrected chi connectivity index (χ0v) is 10.6. The van der Waals surface area contributed by atoms with Crippen molar-refractivity contribution in [3.05, 3.63) is 46.3 Å². The van der Waals surface area contributed by atoms with E-state index in [9.17, 15) is 9.59 Å². The lowest BCUT2D eigenvalue weighted by atomic mass is 10.2. The van der Waals surface area contributed by atoms with Gasteiger partial charge in [-0.25, -0.2) is 9.59 Å². The Morgan fingerprint density at radius 3 is 2.70 bits per heavy atom. The second-order valence-corrected chi connectivity index (χ2v) is 3.84. The number of azide groups is 1. The van der Waals surface area contributed by atoms with E-state index < -0.39 is 18.1 Å². The molecule has 0 fully saturated rings. The number of benzene rings is 1. The molecule has 0 bridgehead atoms. The lowest BCUT2D eigenvalue weighted by Gasteiger charge is -2.13. The van der Waals surface area contributed by atoms with Crippen LogP contribution >= 0.6 is 0 Å². The Bertz CT molecular complexity index is 499. The smallest absolute Gasteiger partial charge is 0.408 e. The van der Waals surface area contributed by atoms with E-state index in [0.717, 1.165) is 5.56 Å². The average Bonchev–Trinajstić information content (AvgIpc) is 2.45. The zero-order valence-electron chi connectivity index (χ0n) is 10.6. The van der Waals surface area contributed by atoms with Crippen molar-refractivity contribution in [2.45, 2.75) is 19.1 Å². The molecule has 8 nitrogen and oxygen atoms in total. The molecule has 8 heteroatoms. The fourth-order valence-corrected chi connectivity index (χ4v) is 1.40. The maximum absolute atomic E-state index is 11.5. The van der Waals surface area contributed by atoms with E-state index in [1.165, 1.54) is 0 Å². The highest BCUT2D eigenvalue weighted by Crippen LogP contribution is 2.01. The third-order valence-corrected chi connectivity index (χ3v) is 2.38. The van der Waals surface area contributed by atoms with Crippen LogP contribution in [0.4, 0.5) is 4.79 Å². The molecular weight excluding hydrogens is 264 g/mol. The Hall–Kier alpha value is -2.73. The summed E-state index contributed by atoms with van der Waals surface area (Å²) in [5.41, 5.74) is 8.90. The SMILES string of the molecule is [N-]=[N+]=NCCC(NC(=O)OCc1ccccc1)C(=O)O. The number of carbonyl (C=O) groups is 2. The average molecular weight is 278 g/mol. The summed E-state index contributed by atoms with van der Waals surface area (Å²) in [5.74, 6) is -1.21. The number of carbonyl (C=O) groups excluding carboxylic acids is 1. The van der Waals surface area contributed by atoms with Crippen LogP contribution in [0.15, 0.2) is 35.4 Å². The summed E-state index contributed by atoms with van der Waals surface area (Å²) in [6, 6.07) is 7.85. The van der Waals surface area contributed by atoms with E-state index in [2.05, 4.69) is 15.3 Å². The van der Waals surface area contributed by atoms with Crippen molar-refractivity contribution in [2.24, 2.45) is 5.11 Å². The first kappa shape index (κ1) is 15.3. The maximum atomic E-state index is 11.5. The van der Waals surface area contributed by atoms with Gasteiger partial charge in [-0.2, -0.15) is 0 Å². The molecule has 0 saturated heterocycles. The van der Waals surface area contributed by atoms with E-state index in [1.807, 2.05) is 6.07 Å². The van der Waals surface area contributed by atoms with E-state index in [-0.39, 0.29) is 19.6 Å². The zero-order chi connectivity index (χ0) is 14.8. The molecular formula is C12H14N4O4. The van der Waals surface area contributed by atoms with Crippen molar-refractivity contribution < 1.29 is 19.4 Å². The Balaban J connectivity index is 2.41. The van der Waals surface area contributed by atoms with Gasteiger partial charge in [-0.1, -0.05) is 35.4 Å². The van der Waals surface area contributed by atoms with Crippen LogP contribution in [-0.2, 0) is 16.1 Å². The molecule has 0 spiro atoms.